The van der Waals surface area contributed by atoms with Gasteiger partial charge in [0.05, 0.1) is 17.5 Å². The Balaban J connectivity index is 2.02. The van der Waals surface area contributed by atoms with E-state index in [1.54, 1.807) is 6.33 Å². The number of nitrogens with two attached hydrogens (primary N) is 2. The Hall–Kier alpha value is -2.89. The number of rotatable bonds is 5. The first kappa shape index (κ1) is 19.4. The van der Waals surface area contributed by atoms with Gasteiger partial charge >= 0.3 is 0 Å². The van der Waals surface area contributed by atoms with Gasteiger partial charge in [0.1, 0.15) is 11.3 Å². The molecule has 4 aromatic rings. The Morgan fingerprint density at radius 2 is 2.03 bits per heavy atom. The van der Waals surface area contributed by atoms with Crippen LogP contribution in [0.1, 0.15) is 23.9 Å². The summed E-state index contributed by atoms with van der Waals surface area (Å²) in [4.78, 5) is 7.70. The highest BCUT2D eigenvalue weighted by Crippen LogP contribution is 2.38. The highest BCUT2D eigenvalue weighted by atomic mass is 31.2. The molecule has 2 heterocycles. The predicted octanol–water partition coefficient (Wildman–Crippen LogP) is 3.72. The maximum Gasteiger partial charge on any atom is 0.168 e. The van der Waals surface area contributed by atoms with Gasteiger partial charge in [0.2, 0.25) is 0 Å². The normalized spacial score (nSPS) is 13.7. The number of fused-ring (bicyclic) bond motifs is 1. The molecule has 1 atom stereocenters. The number of H-pyrrole nitrogens is 1. The summed E-state index contributed by atoms with van der Waals surface area (Å²) in [5.41, 5.74) is 19.2. The van der Waals surface area contributed by atoms with Crippen LogP contribution in [0.3, 0.4) is 0 Å². The molecule has 150 valence electrons. The molecule has 0 radical (unpaired) electrons. The molecule has 0 saturated heterocycles. The zero-order valence-corrected chi connectivity index (χ0v) is 17.9. The summed E-state index contributed by atoms with van der Waals surface area (Å²) in [6.45, 7) is 6.13. The summed E-state index contributed by atoms with van der Waals surface area (Å²) >= 11 is 0. The fourth-order valence-corrected chi connectivity index (χ4v) is 4.47. The van der Waals surface area contributed by atoms with Crippen LogP contribution in [0.2, 0.25) is 0 Å². The molecule has 4 rings (SSSR count). The predicted molar refractivity (Wildman–Crippen MR) is 123 cm³/mol. The number of aromatic nitrogens is 5. The average Bonchev–Trinajstić information content (AvgIpc) is 3.27. The summed E-state index contributed by atoms with van der Waals surface area (Å²) < 4.78 is 2.07. The molecule has 0 fully saturated rings. The van der Waals surface area contributed by atoms with E-state index in [9.17, 15) is 0 Å². The molecule has 0 aliphatic heterocycles. The first-order chi connectivity index (χ1) is 13.8. The zero-order chi connectivity index (χ0) is 20.8. The third-order valence-electron chi connectivity index (χ3n) is 5.01. The van der Waals surface area contributed by atoms with Crippen molar-refractivity contribution in [2.24, 2.45) is 5.50 Å². The minimum absolute atomic E-state index is 0.579. The fraction of sp³-hybridized carbons (Fsp3) is 0.238. The molecule has 0 aliphatic rings. The van der Waals surface area contributed by atoms with E-state index in [0.29, 0.717) is 6.16 Å². The number of nitrogens with zero attached hydrogens (tertiary/aromatic N) is 4. The van der Waals surface area contributed by atoms with Gasteiger partial charge in [-0.3, -0.25) is 4.57 Å². The van der Waals surface area contributed by atoms with Crippen LogP contribution in [0, 0.1) is 6.92 Å². The van der Waals surface area contributed by atoms with E-state index in [1.807, 2.05) is 37.9 Å². The molecule has 0 bridgehead atoms. The Morgan fingerprint density at radius 1 is 1.24 bits per heavy atom. The first-order valence-electron chi connectivity index (χ1n) is 9.53. The highest BCUT2D eigenvalue weighted by molar-refractivity contribution is 7.70. The van der Waals surface area contributed by atoms with Crippen LogP contribution >= 0.6 is 7.04 Å². The Morgan fingerprint density at radius 3 is 2.76 bits per heavy atom. The summed E-state index contributed by atoms with van der Waals surface area (Å²) in [6, 6.07) is 10.1. The van der Waals surface area contributed by atoms with Crippen molar-refractivity contribution in [3.05, 3.63) is 53.6 Å². The second-order valence-corrected chi connectivity index (χ2v) is 11.0. The molecule has 2 aromatic heterocycles. The van der Waals surface area contributed by atoms with Crippen molar-refractivity contribution in [3.8, 4) is 17.1 Å². The van der Waals surface area contributed by atoms with Crippen molar-refractivity contribution in [2.45, 2.75) is 26.4 Å². The lowest BCUT2D eigenvalue weighted by Gasteiger charge is -2.17. The smallest absolute Gasteiger partial charge is 0.168 e. The molecule has 29 heavy (non-hydrogen) atoms. The van der Waals surface area contributed by atoms with Crippen molar-refractivity contribution < 1.29 is 0 Å². The van der Waals surface area contributed by atoms with Crippen LogP contribution in [0.5, 0.6) is 0 Å². The van der Waals surface area contributed by atoms with Gasteiger partial charge in [0.25, 0.3) is 0 Å². The van der Waals surface area contributed by atoms with Gasteiger partial charge in [-0.05, 0) is 55.4 Å². The van der Waals surface area contributed by atoms with Crippen LogP contribution in [0.15, 0.2) is 36.7 Å². The van der Waals surface area contributed by atoms with Gasteiger partial charge in [-0.2, -0.15) is 0 Å². The number of aromatic amines is 1. The van der Waals surface area contributed by atoms with Crippen LogP contribution in [0.4, 0.5) is 5.69 Å². The number of aryl methyl sites for hydroxylation is 2. The summed E-state index contributed by atoms with van der Waals surface area (Å²) in [7, 11) is -1.87. The fourth-order valence-electron chi connectivity index (χ4n) is 3.62. The van der Waals surface area contributed by atoms with Crippen molar-refractivity contribution in [2.75, 3.05) is 12.4 Å². The Kier molecular flexibility index (Phi) is 4.81. The van der Waals surface area contributed by atoms with Gasteiger partial charge in [0, 0.05) is 17.4 Å². The maximum atomic E-state index is 6.33. The molecule has 2 aromatic carbocycles. The molecule has 1 unspecified atom stereocenters. The SMILES string of the molecule is C=P(C)(N)Cc1nnc(-c2cc(CC)c(N)cc2C)n1-c1cccc2[nH]cnc12. The van der Waals surface area contributed by atoms with Crippen LogP contribution in [-0.4, -0.2) is 37.7 Å². The highest BCUT2D eigenvalue weighted by Gasteiger charge is 2.21. The molecule has 0 spiro atoms. The van der Waals surface area contributed by atoms with Crippen molar-refractivity contribution in [1.82, 2.24) is 24.7 Å². The average molecular weight is 407 g/mol. The molecule has 5 N–H and O–H groups in total. The quantitative estimate of drug-likeness (QED) is 0.345. The standard InChI is InChI=1S/C21H26N7P/c1-5-14-10-15(13(2)9-16(14)22)21-27-26-19(11-29(3,4)23)28(21)18-8-6-7-17-20(18)25-12-24-17/h6-10,12H,3,5,11,22-23H2,1-2,4H3,(H,24,25). The summed E-state index contributed by atoms with van der Waals surface area (Å²) in [5, 5.41) is 9.09. The molecule has 0 amide bonds. The lowest BCUT2D eigenvalue weighted by molar-refractivity contribution is 0.954. The van der Waals surface area contributed by atoms with E-state index in [2.05, 4.69) is 44.0 Å². The van der Waals surface area contributed by atoms with Crippen molar-refractivity contribution >= 4 is 30.1 Å². The number of anilines is 1. The number of nitrogens with one attached hydrogen (secondary N) is 1. The van der Waals surface area contributed by atoms with Crippen LogP contribution in [-0.2, 0) is 12.6 Å². The number of hydrogen-bond acceptors (Lipinski definition) is 5. The molecular weight excluding hydrogens is 381 g/mol. The number of benzene rings is 2. The van der Waals surface area contributed by atoms with E-state index >= 15 is 0 Å². The van der Waals surface area contributed by atoms with Gasteiger partial charge in [0.15, 0.2) is 5.82 Å². The molecule has 7 nitrogen and oxygen atoms in total. The summed E-state index contributed by atoms with van der Waals surface area (Å²) in [6.07, 6.45) is 7.28. The number of para-hydroxylation sites is 1. The third kappa shape index (κ3) is 3.59. The molecule has 0 aliphatic carbocycles. The second kappa shape index (κ2) is 7.17. The van der Waals surface area contributed by atoms with Gasteiger partial charge < -0.3 is 16.2 Å². The zero-order valence-electron chi connectivity index (χ0n) is 17.0. The van der Waals surface area contributed by atoms with Crippen LogP contribution in [0.25, 0.3) is 28.1 Å². The minimum atomic E-state index is -1.87. The number of imidazole rings is 1. The van der Waals surface area contributed by atoms with Crippen LogP contribution < -0.4 is 11.2 Å². The lowest BCUT2D eigenvalue weighted by atomic mass is 10.0. The first-order valence-corrected chi connectivity index (χ1v) is 12.2. The van der Waals surface area contributed by atoms with E-state index in [0.717, 1.165) is 57.2 Å². The maximum absolute atomic E-state index is 6.33. The second-order valence-electron chi connectivity index (χ2n) is 7.71. The largest absolute Gasteiger partial charge is 0.398 e. The Bertz CT molecular complexity index is 1250. The molecular formula is C21H26N7P. The van der Waals surface area contributed by atoms with Gasteiger partial charge in [-0.25, -0.2) is 4.98 Å². The molecule has 0 saturated carbocycles. The van der Waals surface area contributed by atoms with E-state index in [-0.39, 0.29) is 0 Å². The number of nitrogen functional groups attached to an aromatic ring is 1. The number of hydrogen-bond donors (Lipinski definition) is 3. The van der Waals surface area contributed by atoms with Crippen molar-refractivity contribution in [3.63, 3.8) is 0 Å². The van der Waals surface area contributed by atoms with E-state index in [1.165, 1.54) is 0 Å². The summed E-state index contributed by atoms with van der Waals surface area (Å²) in [5.74, 6) is 1.55. The minimum Gasteiger partial charge on any atom is -0.398 e. The van der Waals surface area contributed by atoms with E-state index in [4.69, 9.17) is 11.2 Å². The molecule has 8 heteroatoms. The Labute approximate surface area is 170 Å². The monoisotopic (exact) mass is 407 g/mol. The third-order valence-corrected chi connectivity index (χ3v) is 6.02. The van der Waals surface area contributed by atoms with Gasteiger partial charge in [-0.1, -0.05) is 26.3 Å². The van der Waals surface area contributed by atoms with Crippen molar-refractivity contribution in [1.29, 1.82) is 0 Å². The van der Waals surface area contributed by atoms with E-state index < -0.39 is 7.04 Å². The topological polar surface area (TPSA) is 111 Å². The van der Waals surface area contributed by atoms with Gasteiger partial charge in [-0.15, -0.1) is 10.2 Å². The lowest BCUT2D eigenvalue weighted by Crippen LogP contribution is -2.08.